The Kier molecular flexibility index (Phi) is 3.63. The minimum atomic E-state index is -0.298. The number of hydrogen-bond acceptors (Lipinski definition) is 0. The topological polar surface area (TPSA) is 0 Å². The molecule has 1 aromatic carbocycles. The van der Waals surface area contributed by atoms with Crippen molar-refractivity contribution < 1.29 is 0 Å². The van der Waals surface area contributed by atoms with Gasteiger partial charge in [0.15, 0.2) is 0 Å². The average molecular weight is 256 g/mol. The largest absolute Gasteiger partial charge is 0.0835 e. The molecule has 1 aromatic rings. The highest BCUT2D eigenvalue weighted by molar-refractivity contribution is 6.61. The Hall–Kier alpha value is -1.08. The first kappa shape index (κ1) is 13.4. The molecule has 1 atom stereocenters. The van der Waals surface area contributed by atoms with Gasteiger partial charge in [-0.05, 0) is 46.1 Å². The summed E-state index contributed by atoms with van der Waals surface area (Å²) in [5.74, 6) is 0.678. The Bertz CT molecular complexity index is 526. The SMILES string of the molecule is CC1=C(C)C(C)C([SiH2]c2cc(C)cc(C)c2)=C1C. The summed E-state index contributed by atoms with van der Waals surface area (Å²) in [7, 11) is -0.298. The molecule has 96 valence electrons. The molecule has 18 heavy (non-hydrogen) atoms. The molecule has 0 bridgehead atoms. The fourth-order valence-corrected chi connectivity index (χ4v) is 5.55. The summed E-state index contributed by atoms with van der Waals surface area (Å²) in [6.07, 6.45) is 0. The molecule has 0 amide bonds. The van der Waals surface area contributed by atoms with Gasteiger partial charge in [-0.2, -0.15) is 0 Å². The van der Waals surface area contributed by atoms with E-state index in [0.29, 0.717) is 5.92 Å². The Balaban J connectivity index is 2.31. The minimum absolute atomic E-state index is 0.298. The normalized spacial score (nSPS) is 20.7. The van der Waals surface area contributed by atoms with E-state index in [4.69, 9.17) is 0 Å². The Labute approximate surface area is 114 Å². The van der Waals surface area contributed by atoms with Crippen LogP contribution in [0.1, 0.15) is 38.8 Å². The van der Waals surface area contributed by atoms with Crippen molar-refractivity contribution in [1.82, 2.24) is 0 Å². The van der Waals surface area contributed by atoms with Crippen molar-refractivity contribution in [2.75, 3.05) is 0 Å². The van der Waals surface area contributed by atoms with Gasteiger partial charge < -0.3 is 0 Å². The van der Waals surface area contributed by atoms with Crippen LogP contribution in [0.25, 0.3) is 0 Å². The molecular formula is C17H24Si. The maximum atomic E-state index is 2.38. The van der Waals surface area contributed by atoms with Gasteiger partial charge in [-0.25, -0.2) is 0 Å². The Morgan fingerprint density at radius 1 is 0.833 bits per heavy atom. The van der Waals surface area contributed by atoms with Gasteiger partial charge in [0.25, 0.3) is 0 Å². The molecule has 1 heteroatoms. The summed E-state index contributed by atoms with van der Waals surface area (Å²) < 4.78 is 0. The van der Waals surface area contributed by atoms with E-state index in [1.54, 1.807) is 21.5 Å². The van der Waals surface area contributed by atoms with Crippen LogP contribution in [0.4, 0.5) is 0 Å². The van der Waals surface area contributed by atoms with Crippen molar-refractivity contribution in [3.63, 3.8) is 0 Å². The second kappa shape index (κ2) is 4.89. The minimum Gasteiger partial charge on any atom is -0.0728 e. The molecule has 0 saturated heterocycles. The fourth-order valence-electron chi connectivity index (χ4n) is 3.12. The van der Waals surface area contributed by atoms with E-state index in [1.807, 2.05) is 0 Å². The van der Waals surface area contributed by atoms with Gasteiger partial charge >= 0.3 is 0 Å². The molecule has 0 saturated carbocycles. The first-order chi connectivity index (χ1) is 8.40. The summed E-state index contributed by atoms with van der Waals surface area (Å²) in [5, 5.41) is 3.34. The number of rotatable bonds is 2. The van der Waals surface area contributed by atoms with Crippen molar-refractivity contribution in [3.8, 4) is 0 Å². The first-order valence-electron chi connectivity index (χ1n) is 6.84. The van der Waals surface area contributed by atoms with Crippen molar-refractivity contribution >= 4 is 14.7 Å². The predicted molar refractivity (Wildman–Crippen MR) is 84.3 cm³/mol. The second-order valence-corrected chi connectivity index (χ2v) is 7.78. The summed E-state index contributed by atoms with van der Waals surface area (Å²) in [6.45, 7) is 13.7. The van der Waals surface area contributed by atoms with Gasteiger partial charge in [0.1, 0.15) is 0 Å². The summed E-state index contributed by atoms with van der Waals surface area (Å²) >= 11 is 0. The lowest BCUT2D eigenvalue weighted by Gasteiger charge is -2.13. The third kappa shape index (κ3) is 2.37. The maximum Gasteiger partial charge on any atom is 0.0835 e. The molecule has 2 rings (SSSR count). The second-order valence-electron chi connectivity index (χ2n) is 5.85. The van der Waals surface area contributed by atoms with Gasteiger partial charge in [-0.3, -0.25) is 0 Å². The van der Waals surface area contributed by atoms with Crippen LogP contribution >= 0.6 is 0 Å². The monoisotopic (exact) mass is 256 g/mol. The fraction of sp³-hybridized carbons (Fsp3) is 0.412. The van der Waals surface area contributed by atoms with E-state index < -0.39 is 0 Å². The van der Waals surface area contributed by atoms with Gasteiger partial charge in [-0.15, -0.1) is 0 Å². The molecular weight excluding hydrogens is 232 g/mol. The lowest BCUT2D eigenvalue weighted by molar-refractivity contribution is 0.856. The molecule has 0 nitrogen and oxygen atoms in total. The molecule has 0 radical (unpaired) electrons. The van der Waals surface area contributed by atoms with Crippen molar-refractivity contribution in [2.45, 2.75) is 41.5 Å². The van der Waals surface area contributed by atoms with Gasteiger partial charge in [0.05, 0.1) is 9.52 Å². The predicted octanol–water partition coefficient (Wildman–Crippen LogP) is 3.36. The van der Waals surface area contributed by atoms with Crippen molar-refractivity contribution in [1.29, 1.82) is 0 Å². The zero-order chi connectivity index (χ0) is 13.4. The van der Waals surface area contributed by atoms with Gasteiger partial charge in [0, 0.05) is 0 Å². The number of aryl methyl sites for hydroxylation is 2. The first-order valence-corrected chi connectivity index (χ1v) is 8.26. The lowest BCUT2D eigenvalue weighted by atomic mass is 10.1. The molecule has 0 heterocycles. The standard InChI is InChI=1S/C17H24Si/c1-10-7-11(2)9-16(8-10)18-17-14(5)12(3)13(4)15(17)6/h7-9,14H,18H2,1-6H3. The molecule has 0 spiro atoms. The van der Waals surface area contributed by atoms with Gasteiger partial charge in [0.2, 0.25) is 0 Å². The van der Waals surface area contributed by atoms with Crippen LogP contribution in [0.5, 0.6) is 0 Å². The third-order valence-electron chi connectivity index (χ3n) is 4.48. The van der Waals surface area contributed by atoms with E-state index in [-0.39, 0.29) is 9.52 Å². The molecule has 0 N–H and O–H groups in total. The highest BCUT2D eigenvalue weighted by Crippen LogP contribution is 2.35. The van der Waals surface area contributed by atoms with E-state index in [9.17, 15) is 0 Å². The van der Waals surface area contributed by atoms with Crippen LogP contribution in [-0.2, 0) is 0 Å². The van der Waals surface area contributed by atoms with Crippen LogP contribution < -0.4 is 5.19 Å². The van der Waals surface area contributed by atoms with E-state index in [1.165, 1.54) is 16.7 Å². The third-order valence-corrected chi connectivity index (χ3v) is 6.82. The molecule has 0 aromatic heterocycles. The van der Waals surface area contributed by atoms with Crippen LogP contribution in [0.3, 0.4) is 0 Å². The van der Waals surface area contributed by atoms with Crippen LogP contribution in [0.15, 0.2) is 40.1 Å². The average Bonchev–Trinajstić information content (AvgIpc) is 2.46. The quantitative estimate of drug-likeness (QED) is 0.712. The summed E-state index contributed by atoms with van der Waals surface area (Å²) in [4.78, 5) is 0. The number of benzene rings is 1. The maximum absolute atomic E-state index is 2.38. The highest BCUT2D eigenvalue weighted by atomic mass is 28.2. The Morgan fingerprint density at radius 3 is 1.83 bits per heavy atom. The number of allylic oxidation sites excluding steroid dienone is 4. The molecule has 0 aliphatic heterocycles. The van der Waals surface area contributed by atoms with E-state index >= 15 is 0 Å². The summed E-state index contributed by atoms with van der Waals surface area (Å²) in [5.41, 5.74) is 7.50. The summed E-state index contributed by atoms with van der Waals surface area (Å²) in [6, 6.07) is 7.04. The Morgan fingerprint density at radius 2 is 1.39 bits per heavy atom. The van der Waals surface area contributed by atoms with E-state index in [2.05, 4.69) is 59.7 Å². The van der Waals surface area contributed by atoms with Crippen LogP contribution in [0, 0.1) is 19.8 Å². The van der Waals surface area contributed by atoms with Crippen molar-refractivity contribution in [2.24, 2.45) is 5.92 Å². The highest BCUT2D eigenvalue weighted by Gasteiger charge is 2.23. The van der Waals surface area contributed by atoms with Gasteiger partial charge in [-0.1, -0.05) is 57.8 Å². The molecule has 1 unspecified atom stereocenters. The van der Waals surface area contributed by atoms with Crippen molar-refractivity contribution in [3.05, 3.63) is 51.2 Å². The molecule has 1 aliphatic rings. The lowest BCUT2D eigenvalue weighted by Crippen LogP contribution is -2.20. The van der Waals surface area contributed by atoms with Crippen LogP contribution in [0.2, 0.25) is 0 Å². The van der Waals surface area contributed by atoms with Crippen LogP contribution in [-0.4, -0.2) is 9.52 Å². The zero-order valence-electron chi connectivity index (χ0n) is 12.5. The molecule has 1 aliphatic carbocycles. The number of hydrogen-bond donors (Lipinski definition) is 0. The van der Waals surface area contributed by atoms with E-state index in [0.717, 1.165) is 0 Å². The zero-order valence-corrected chi connectivity index (χ0v) is 13.9. The molecule has 0 fully saturated rings. The smallest absolute Gasteiger partial charge is 0.0728 e.